The molecule has 0 saturated heterocycles. The van der Waals surface area contributed by atoms with Crippen LogP contribution in [0.1, 0.15) is 19.3 Å². The van der Waals surface area contributed by atoms with Gasteiger partial charge >= 0.3 is 0 Å². The molecule has 1 aliphatic heterocycles. The van der Waals surface area contributed by atoms with Crippen LogP contribution in [0.15, 0.2) is 12.3 Å². The Labute approximate surface area is 62.2 Å². The number of hydrogen-bond donors (Lipinski definition) is 1. The minimum absolute atomic E-state index is 0.107. The second-order valence-corrected chi connectivity index (χ2v) is 2.90. The van der Waals surface area contributed by atoms with Crippen molar-refractivity contribution >= 4 is 0 Å². The van der Waals surface area contributed by atoms with Gasteiger partial charge in [0.25, 0.3) is 0 Å². The molecule has 1 aliphatic rings. The van der Waals surface area contributed by atoms with Crippen LogP contribution >= 0.6 is 0 Å². The summed E-state index contributed by atoms with van der Waals surface area (Å²) in [6, 6.07) is 0. The summed E-state index contributed by atoms with van der Waals surface area (Å²) >= 11 is 0. The minimum Gasteiger partial charge on any atom is -0.393 e. The molecule has 0 fully saturated rings. The topological polar surface area (TPSA) is 23.5 Å². The first-order valence-electron chi connectivity index (χ1n) is 3.84. The summed E-state index contributed by atoms with van der Waals surface area (Å²) < 4.78 is 0. The van der Waals surface area contributed by atoms with E-state index in [9.17, 15) is 5.11 Å². The van der Waals surface area contributed by atoms with Crippen molar-refractivity contribution in [2.24, 2.45) is 0 Å². The number of aliphatic hydroxyl groups is 1. The fourth-order valence-electron chi connectivity index (χ4n) is 1.17. The van der Waals surface area contributed by atoms with E-state index in [0.717, 1.165) is 25.8 Å². The van der Waals surface area contributed by atoms with Gasteiger partial charge in [-0.05, 0) is 25.5 Å². The summed E-state index contributed by atoms with van der Waals surface area (Å²) in [6.45, 7) is 1.06. The van der Waals surface area contributed by atoms with Crippen LogP contribution in [0.5, 0.6) is 0 Å². The zero-order valence-electron chi connectivity index (χ0n) is 6.45. The van der Waals surface area contributed by atoms with Crippen LogP contribution in [0.25, 0.3) is 0 Å². The number of hydrogen-bond acceptors (Lipinski definition) is 2. The van der Waals surface area contributed by atoms with Crippen molar-refractivity contribution in [2.75, 3.05) is 13.6 Å². The van der Waals surface area contributed by atoms with Gasteiger partial charge in [-0.25, -0.2) is 0 Å². The van der Waals surface area contributed by atoms with E-state index in [4.69, 9.17) is 0 Å². The van der Waals surface area contributed by atoms with Crippen molar-refractivity contribution in [3.63, 3.8) is 0 Å². The third-order valence-corrected chi connectivity index (χ3v) is 1.82. The number of nitrogens with zero attached hydrogens (tertiary/aromatic N) is 1. The third kappa shape index (κ3) is 2.40. The molecule has 0 amide bonds. The molecule has 0 aromatic heterocycles. The maximum absolute atomic E-state index is 9.23. The van der Waals surface area contributed by atoms with Crippen molar-refractivity contribution in [2.45, 2.75) is 25.4 Å². The molecular formula is C8H15NO. The van der Waals surface area contributed by atoms with Gasteiger partial charge in [0.2, 0.25) is 0 Å². The van der Waals surface area contributed by atoms with Gasteiger partial charge in [-0.2, -0.15) is 0 Å². The second-order valence-electron chi connectivity index (χ2n) is 2.90. The van der Waals surface area contributed by atoms with Crippen LogP contribution in [-0.4, -0.2) is 29.7 Å². The SMILES string of the molecule is CN1/C=C\CC(O)CCC1. The normalized spacial score (nSPS) is 31.0. The van der Waals surface area contributed by atoms with E-state index in [0.29, 0.717) is 0 Å². The molecule has 1 N–H and O–H groups in total. The van der Waals surface area contributed by atoms with Crippen molar-refractivity contribution < 1.29 is 5.11 Å². The summed E-state index contributed by atoms with van der Waals surface area (Å²) in [5, 5.41) is 9.23. The molecule has 2 nitrogen and oxygen atoms in total. The minimum atomic E-state index is -0.107. The molecule has 58 valence electrons. The van der Waals surface area contributed by atoms with Gasteiger partial charge in [0, 0.05) is 13.6 Å². The molecule has 0 bridgehead atoms. The Morgan fingerprint density at radius 1 is 1.60 bits per heavy atom. The van der Waals surface area contributed by atoms with E-state index < -0.39 is 0 Å². The lowest BCUT2D eigenvalue weighted by Crippen LogP contribution is -2.17. The first kappa shape index (κ1) is 7.61. The van der Waals surface area contributed by atoms with Gasteiger partial charge in [0.15, 0.2) is 0 Å². The van der Waals surface area contributed by atoms with Crippen LogP contribution in [0.2, 0.25) is 0 Å². The molecule has 0 radical (unpaired) electrons. The Morgan fingerprint density at radius 3 is 3.20 bits per heavy atom. The number of aliphatic hydroxyl groups excluding tert-OH is 1. The predicted octanol–water partition coefficient (Wildman–Crippen LogP) is 0.977. The molecule has 1 rings (SSSR count). The summed E-state index contributed by atoms with van der Waals surface area (Å²) in [7, 11) is 2.06. The average molecular weight is 141 g/mol. The van der Waals surface area contributed by atoms with E-state index in [1.807, 2.05) is 12.3 Å². The standard InChI is InChI=1S/C8H15NO/c1-9-6-2-4-8(10)5-3-7-9/h2,6,8,10H,3-5,7H2,1H3/b6-2-. The summed E-state index contributed by atoms with van der Waals surface area (Å²) in [5.74, 6) is 0. The first-order chi connectivity index (χ1) is 4.79. The molecule has 0 aromatic rings. The number of rotatable bonds is 0. The van der Waals surface area contributed by atoms with E-state index in [2.05, 4.69) is 11.9 Å². The fourth-order valence-corrected chi connectivity index (χ4v) is 1.17. The highest BCUT2D eigenvalue weighted by atomic mass is 16.3. The largest absolute Gasteiger partial charge is 0.393 e. The van der Waals surface area contributed by atoms with Crippen LogP contribution < -0.4 is 0 Å². The Morgan fingerprint density at radius 2 is 2.40 bits per heavy atom. The molecule has 0 spiro atoms. The van der Waals surface area contributed by atoms with Crippen LogP contribution in [-0.2, 0) is 0 Å². The van der Waals surface area contributed by atoms with Gasteiger partial charge in [0.1, 0.15) is 0 Å². The fraction of sp³-hybridized carbons (Fsp3) is 0.750. The van der Waals surface area contributed by atoms with E-state index in [1.54, 1.807) is 0 Å². The highest BCUT2D eigenvalue weighted by Crippen LogP contribution is 2.07. The second kappa shape index (κ2) is 3.62. The Balaban J connectivity index is 2.38. The first-order valence-corrected chi connectivity index (χ1v) is 3.84. The van der Waals surface area contributed by atoms with Crippen molar-refractivity contribution in [1.29, 1.82) is 0 Å². The highest BCUT2D eigenvalue weighted by molar-refractivity contribution is 4.85. The van der Waals surface area contributed by atoms with Crippen LogP contribution in [0.3, 0.4) is 0 Å². The Kier molecular flexibility index (Phi) is 2.75. The van der Waals surface area contributed by atoms with Gasteiger partial charge in [-0.3, -0.25) is 0 Å². The van der Waals surface area contributed by atoms with Crippen molar-refractivity contribution in [3.05, 3.63) is 12.3 Å². The van der Waals surface area contributed by atoms with Gasteiger partial charge in [-0.1, -0.05) is 6.08 Å². The lowest BCUT2D eigenvalue weighted by Gasteiger charge is -2.18. The lowest BCUT2D eigenvalue weighted by atomic mass is 10.1. The zero-order chi connectivity index (χ0) is 7.40. The molecule has 1 unspecified atom stereocenters. The van der Waals surface area contributed by atoms with Crippen molar-refractivity contribution in [1.82, 2.24) is 4.90 Å². The third-order valence-electron chi connectivity index (χ3n) is 1.82. The molecular weight excluding hydrogens is 126 g/mol. The van der Waals surface area contributed by atoms with E-state index >= 15 is 0 Å². The highest BCUT2D eigenvalue weighted by Gasteiger charge is 2.04. The Hall–Kier alpha value is -0.500. The van der Waals surface area contributed by atoms with Gasteiger partial charge < -0.3 is 10.0 Å². The summed E-state index contributed by atoms with van der Waals surface area (Å²) in [6.07, 6.45) is 6.82. The predicted molar refractivity (Wildman–Crippen MR) is 41.6 cm³/mol. The molecule has 0 aromatic carbocycles. The van der Waals surface area contributed by atoms with Gasteiger partial charge in [0.05, 0.1) is 6.10 Å². The molecule has 0 saturated carbocycles. The monoisotopic (exact) mass is 141 g/mol. The summed E-state index contributed by atoms with van der Waals surface area (Å²) in [5.41, 5.74) is 0. The van der Waals surface area contributed by atoms with Crippen LogP contribution in [0, 0.1) is 0 Å². The maximum Gasteiger partial charge on any atom is 0.0576 e. The molecule has 1 atom stereocenters. The molecule has 2 heteroatoms. The molecule has 10 heavy (non-hydrogen) atoms. The smallest absolute Gasteiger partial charge is 0.0576 e. The zero-order valence-corrected chi connectivity index (χ0v) is 6.45. The van der Waals surface area contributed by atoms with Crippen molar-refractivity contribution in [3.8, 4) is 0 Å². The van der Waals surface area contributed by atoms with E-state index in [1.165, 1.54) is 0 Å². The quantitative estimate of drug-likeness (QED) is 0.543. The lowest BCUT2D eigenvalue weighted by molar-refractivity contribution is 0.158. The van der Waals surface area contributed by atoms with E-state index in [-0.39, 0.29) is 6.10 Å². The van der Waals surface area contributed by atoms with Crippen LogP contribution in [0.4, 0.5) is 0 Å². The Bertz CT molecular complexity index is 122. The van der Waals surface area contributed by atoms with Gasteiger partial charge in [-0.15, -0.1) is 0 Å². The molecule has 1 heterocycles. The maximum atomic E-state index is 9.23. The molecule has 0 aliphatic carbocycles. The summed E-state index contributed by atoms with van der Waals surface area (Å²) in [4.78, 5) is 2.16. The average Bonchev–Trinajstić information content (AvgIpc) is 1.84.